The molecule has 0 aliphatic rings. The van der Waals surface area contributed by atoms with Gasteiger partial charge in [-0.3, -0.25) is 9.59 Å². The predicted molar refractivity (Wildman–Crippen MR) is 227 cm³/mol. The van der Waals surface area contributed by atoms with Crippen molar-refractivity contribution in [3.8, 4) is 11.5 Å². The molecule has 3 aromatic rings. The zero-order chi connectivity index (χ0) is 39.5. The number of carbonyl (C=O) groups excluding carboxylic acids is 2. The Bertz CT molecular complexity index is 1510. The minimum absolute atomic E-state index is 0.145. The number of esters is 2. The average Bonchev–Trinajstić information content (AvgIpc) is 3.19. The van der Waals surface area contributed by atoms with Crippen molar-refractivity contribution in [2.45, 2.75) is 155 Å². The molecule has 0 fully saturated rings. The van der Waals surface area contributed by atoms with Crippen LogP contribution in [0.25, 0.3) is 21.5 Å². The molecule has 0 bridgehead atoms. The number of halogens is 1. The van der Waals surface area contributed by atoms with E-state index in [0.29, 0.717) is 37.6 Å². The van der Waals surface area contributed by atoms with Crippen LogP contribution < -0.4 is 9.47 Å². The summed E-state index contributed by atoms with van der Waals surface area (Å²) in [5.74, 6) is 0.887. The average molecular weight is 830 g/mol. The Labute approximate surface area is 339 Å². The fourth-order valence-corrected chi connectivity index (χ4v) is 6.86. The summed E-state index contributed by atoms with van der Waals surface area (Å²) >= 11 is 3.67. The van der Waals surface area contributed by atoms with Gasteiger partial charge in [-0.05, 0) is 43.9 Å². The molecule has 0 amide bonds. The lowest BCUT2D eigenvalue weighted by atomic mass is 10.0. The minimum atomic E-state index is -0.555. The molecule has 0 saturated heterocycles. The molecule has 0 aromatic heterocycles. The Kier molecular flexibility index (Phi) is 24.1. The summed E-state index contributed by atoms with van der Waals surface area (Å²) in [6, 6.07) is 14.0. The lowest BCUT2D eigenvalue weighted by Gasteiger charge is -2.23. The summed E-state index contributed by atoms with van der Waals surface area (Å²) in [7, 11) is 0. The van der Waals surface area contributed by atoms with E-state index in [1.165, 1.54) is 51.4 Å². The quantitative estimate of drug-likeness (QED) is 0.0349. The molecule has 9 heteroatoms. The molecule has 8 nitrogen and oxygen atoms in total. The first-order valence-corrected chi connectivity index (χ1v) is 22.1. The maximum Gasteiger partial charge on any atom is 0.306 e. The van der Waals surface area contributed by atoms with Crippen LogP contribution in [0.4, 0.5) is 0 Å². The number of fused-ring (bicyclic) bond motifs is 2. The summed E-state index contributed by atoms with van der Waals surface area (Å²) in [6.45, 7) is 10.7. The van der Waals surface area contributed by atoms with Gasteiger partial charge in [0.25, 0.3) is 0 Å². The largest absolute Gasteiger partial charge is 0.488 e. The molecule has 55 heavy (non-hydrogen) atoms. The van der Waals surface area contributed by atoms with Crippen molar-refractivity contribution in [1.82, 2.24) is 0 Å². The van der Waals surface area contributed by atoms with Crippen molar-refractivity contribution in [3.63, 3.8) is 0 Å². The van der Waals surface area contributed by atoms with Crippen LogP contribution in [0.3, 0.4) is 0 Å². The van der Waals surface area contributed by atoms with Crippen LogP contribution in [0, 0.1) is 0 Å². The molecule has 3 aromatic carbocycles. The van der Waals surface area contributed by atoms with Crippen LogP contribution in [0.15, 0.2) is 46.9 Å². The van der Waals surface area contributed by atoms with E-state index in [4.69, 9.17) is 28.4 Å². The zero-order valence-corrected chi connectivity index (χ0v) is 35.9. The molecular weight excluding hydrogens is 760 g/mol. The SMILES string of the molecule is CCCCCCCCOCC(COc1c2ccccc2c(OCC(COCCCCCCCC)OC(=O)CCCC)c2cc(Br)ccc12)OC(=O)CCCC. The molecule has 0 spiro atoms. The first kappa shape index (κ1) is 46.5. The van der Waals surface area contributed by atoms with E-state index in [-0.39, 0.29) is 38.4 Å². The van der Waals surface area contributed by atoms with Crippen molar-refractivity contribution < 1.29 is 38.0 Å². The summed E-state index contributed by atoms with van der Waals surface area (Å²) in [5, 5.41) is 3.44. The van der Waals surface area contributed by atoms with Gasteiger partial charge in [-0.1, -0.05) is 145 Å². The van der Waals surface area contributed by atoms with Gasteiger partial charge in [0.2, 0.25) is 0 Å². The molecule has 2 unspecified atom stereocenters. The number of rotatable bonds is 32. The van der Waals surface area contributed by atoms with Crippen LogP contribution >= 0.6 is 15.9 Å². The molecule has 0 saturated carbocycles. The second-order valence-corrected chi connectivity index (χ2v) is 15.5. The summed E-state index contributed by atoms with van der Waals surface area (Å²) < 4.78 is 38.1. The number of carbonyl (C=O) groups is 2. The number of unbranched alkanes of at least 4 members (excludes halogenated alkanes) is 12. The van der Waals surface area contributed by atoms with Crippen LogP contribution in [-0.4, -0.2) is 63.8 Å². The molecule has 0 radical (unpaired) electrons. The predicted octanol–water partition coefficient (Wildman–Crippen LogP) is 12.5. The van der Waals surface area contributed by atoms with E-state index in [1.807, 2.05) is 42.5 Å². The number of hydrogen-bond acceptors (Lipinski definition) is 8. The molecule has 3 rings (SSSR count). The summed E-state index contributed by atoms with van der Waals surface area (Å²) in [4.78, 5) is 25.5. The molecular formula is C46H69BrO8. The van der Waals surface area contributed by atoms with Crippen LogP contribution in [0.5, 0.6) is 11.5 Å². The molecule has 0 aliphatic carbocycles. The Hall–Kier alpha value is -2.88. The molecule has 0 N–H and O–H groups in total. The normalized spacial score (nSPS) is 12.5. The number of benzene rings is 3. The topological polar surface area (TPSA) is 89.5 Å². The van der Waals surface area contributed by atoms with Crippen molar-refractivity contribution in [3.05, 3.63) is 46.9 Å². The molecule has 308 valence electrons. The highest BCUT2D eigenvalue weighted by molar-refractivity contribution is 9.10. The van der Waals surface area contributed by atoms with Crippen molar-refractivity contribution in [1.29, 1.82) is 0 Å². The smallest absolute Gasteiger partial charge is 0.306 e. The van der Waals surface area contributed by atoms with Gasteiger partial charge >= 0.3 is 11.9 Å². The zero-order valence-electron chi connectivity index (χ0n) is 34.3. The third-order valence-corrected chi connectivity index (χ3v) is 10.2. The lowest BCUT2D eigenvalue weighted by molar-refractivity contribution is -0.155. The maximum absolute atomic E-state index is 12.8. The monoisotopic (exact) mass is 828 g/mol. The Morgan fingerprint density at radius 3 is 1.40 bits per heavy atom. The van der Waals surface area contributed by atoms with Crippen LogP contribution in [0.1, 0.15) is 143 Å². The Morgan fingerprint density at radius 1 is 0.509 bits per heavy atom. The number of hydrogen-bond donors (Lipinski definition) is 0. The highest BCUT2D eigenvalue weighted by Crippen LogP contribution is 2.44. The van der Waals surface area contributed by atoms with Crippen molar-refractivity contribution >= 4 is 49.4 Å². The van der Waals surface area contributed by atoms with E-state index in [1.54, 1.807) is 0 Å². The third kappa shape index (κ3) is 17.9. The maximum atomic E-state index is 12.8. The van der Waals surface area contributed by atoms with Gasteiger partial charge in [0, 0.05) is 52.1 Å². The second-order valence-electron chi connectivity index (χ2n) is 14.6. The molecule has 0 heterocycles. The highest BCUT2D eigenvalue weighted by atomic mass is 79.9. The fraction of sp³-hybridized carbons (Fsp3) is 0.652. The standard InChI is InChI=1S/C46H69BrO8/c1-5-9-13-15-17-21-29-50-32-37(54-43(48)25-11-7-3)34-52-45-39-23-19-20-24-40(39)46(42-31-36(47)27-28-41(42)45)53-35-38(55-44(49)26-12-8-4)33-51-30-22-18-16-14-10-6-2/h19-20,23-24,27-28,31,37-38H,5-18,21-22,25-26,29-30,32-35H2,1-4H3. The minimum Gasteiger partial charge on any atom is -0.488 e. The first-order valence-electron chi connectivity index (χ1n) is 21.4. The summed E-state index contributed by atoms with van der Waals surface area (Å²) in [6.07, 6.45) is 17.2. The van der Waals surface area contributed by atoms with E-state index >= 15 is 0 Å². The van der Waals surface area contributed by atoms with Crippen LogP contribution in [0.2, 0.25) is 0 Å². The van der Waals surface area contributed by atoms with Gasteiger partial charge in [0.05, 0.1) is 13.2 Å². The lowest BCUT2D eigenvalue weighted by Crippen LogP contribution is -2.30. The number of ether oxygens (including phenoxy) is 6. The van der Waals surface area contributed by atoms with E-state index < -0.39 is 12.2 Å². The van der Waals surface area contributed by atoms with Crippen LogP contribution in [-0.2, 0) is 28.5 Å². The molecule has 0 aliphatic heterocycles. The Balaban J connectivity index is 1.81. The van der Waals surface area contributed by atoms with Gasteiger partial charge in [-0.15, -0.1) is 0 Å². The molecule has 2 atom stereocenters. The third-order valence-electron chi connectivity index (χ3n) is 9.67. The van der Waals surface area contributed by atoms with Gasteiger partial charge in [0.15, 0.2) is 12.2 Å². The fourth-order valence-electron chi connectivity index (χ4n) is 6.50. The highest BCUT2D eigenvalue weighted by Gasteiger charge is 2.22. The van der Waals surface area contributed by atoms with Gasteiger partial charge < -0.3 is 28.4 Å². The van der Waals surface area contributed by atoms with E-state index in [9.17, 15) is 9.59 Å². The summed E-state index contributed by atoms with van der Waals surface area (Å²) in [5.41, 5.74) is 0. The first-order chi connectivity index (χ1) is 26.9. The van der Waals surface area contributed by atoms with Crippen molar-refractivity contribution in [2.75, 3.05) is 39.6 Å². The Morgan fingerprint density at radius 2 is 0.927 bits per heavy atom. The van der Waals surface area contributed by atoms with E-state index in [2.05, 4.69) is 43.6 Å². The second kappa shape index (κ2) is 28.5. The van der Waals surface area contributed by atoms with E-state index in [0.717, 1.165) is 77.4 Å². The van der Waals surface area contributed by atoms with Gasteiger partial charge in [0.1, 0.15) is 24.7 Å². The van der Waals surface area contributed by atoms with Gasteiger partial charge in [-0.25, -0.2) is 0 Å². The van der Waals surface area contributed by atoms with Crippen molar-refractivity contribution in [2.24, 2.45) is 0 Å². The van der Waals surface area contributed by atoms with Gasteiger partial charge in [-0.2, -0.15) is 0 Å².